The zero-order chi connectivity index (χ0) is 19.1. The molecule has 0 fully saturated rings. The van der Waals surface area contributed by atoms with Crippen LogP contribution in [0.15, 0.2) is 79.3 Å². The van der Waals surface area contributed by atoms with Crippen LogP contribution in [0, 0.1) is 6.92 Å². The summed E-state index contributed by atoms with van der Waals surface area (Å²) in [4.78, 5) is 15.3. The van der Waals surface area contributed by atoms with E-state index in [1.807, 2.05) is 69.0 Å². The maximum absolute atomic E-state index is 13.5. The lowest BCUT2D eigenvalue weighted by Gasteiger charge is -2.18. The van der Waals surface area contributed by atoms with Gasteiger partial charge in [0.05, 0.1) is 11.9 Å². The molecule has 5 rings (SSSR count). The molecule has 0 bridgehead atoms. The Morgan fingerprint density at radius 2 is 1.71 bits per heavy atom. The van der Waals surface area contributed by atoms with Crippen LogP contribution in [0.3, 0.4) is 0 Å². The van der Waals surface area contributed by atoms with Gasteiger partial charge in [0.2, 0.25) is 0 Å². The fraction of sp³-hybridized carbons (Fsp3) is 0.130. The lowest BCUT2D eigenvalue weighted by Crippen LogP contribution is -2.29. The van der Waals surface area contributed by atoms with Gasteiger partial charge >= 0.3 is 0 Å². The normalized spacial score (nSPS) is 13.0. The Labute approximate surface area is 163 Å². The minimum Gasteiger partial charge on any atom is -0.308 e. The predicted molar refractivity (Wildman–Crippen MR) is 109 cm³/mol. The summed E-state index contributed by atoms with van der Waals surface area (Å²) in [6, 6.07) is 20.1. The molecule has 0 saturated carbocycles. The summed E-state index contributed by atoms with van der Waals surface area (Å²) < 4.78 is 3.77. The van der Waals surface area contributed by atoms with Gasteiger partial charge in [0.15, 0.2) is 5.82 Å². The number of anilines is 1. The smallest absolute Gasteiger partial charge is 0.263 e. The molecule has 3 heterocycles. The number of nitrogens with zero attached hydrogens (tertiary/aromatic N) is 4. The summed E-state index contributed by atoms with van der Waals surface area (Å²) in [5, 5.41) is 4.57. The standard InChI is InChI=1S/C23H20N4O/c1-17-8-10-19(11-9-17)27-22(25-13-4-5-14-25)20(16-24-27)23(28)26-15-12-18-6-2-3-7-21(18)26/h2-11,13-14,16H,12,15H2,1H3. The van der Waals surface area contributed by atoms with Crippen LogP contribution in [0.4, 0.5) is 5.69 Å². The van der Waals surface area contributed by atoms with Crippen molar-refractivity contribution >= 4 is 11.6 Å². The Hall–Kier alpha value is -3.60. The molecule has 1 aliphatic heterocycles. The molecule has 5 nitrogen and oxygen atoms in total. The van der Waals surface area contributed by atoms with E-state index in [4.69, 9.17) is 0 Å². The first kappa shape index (κ1) is 16.6. The molecule has 4 aromatic rings. The summed E-state index contributed by atoms with van der Waals surface area (Å²) >= 11 is 0. The molecule has 2 aromatic heterocycles. The van der Waals surface area contributed by atoms with Gasteiger partial charge in [0.25, 0.3) is 5.91 Å². The fourth-order valence-electron chi connectivity index (χ4n) is 3.79. The van der Waals surface area contributed by atoms with Crippen LogP contribution >= 0.6 is 0 Å². The van der Waals surface area contributed by atoms with Gasteiger partial charge in [-0.15, -0.1) is 0 Å². The number of carbonyl (C=O) groups is 1. The monoisotopic (exact) mass is 368 g/mol. The van der Waals surface area contributed by atoms with Crippen molar-refractivity contribution in [2.75, 3.05) is 11.4 Å². The summed E-state index contributed by atoms with van der Waals surface area (Å²) in [6.07, 6.45) is 6.44. The van der Waals surface area contributed by atoms with Crippen LogP contribution < -0.4 is 4.90 Å². The second kappa shape index (κ2) is 6.53. The first-order valence-corrected chi connectivity index (χ1v) is 9.40. The van der Waals surface area contributed by atoms with Crippen molar-refractivity contribution in [3.8, 4) is 11.5 Å². The summed E-state index contributed by atoms with van der Waals surface area (Å²) in [6.45, 7) is 2.75. The number of para-hydroxylation sites is 1. The van der Waals surface area contributed by atoms with Gasteiger partial charge in [0.1, 0.15) is 5.56 Å². The van der Waals surface area contributed by atoms with Crippen LogP contribution in [0.5, 0.6) is 0 Å². The molecule has 0 unspecified atom stereocenters. The summed E-state index contributed by atoms with van der Waals surface area (Å²) in [5.74, 6) is 0.732. The summed E-state index contributed by atoms with van der Waals surface area (Å²) in [5.41, 5.74) is 4.91. The molecule has 0 radical (unpaired) electrons. The topological polar surface area (TPSA) is 43.1 Å². The second-order valence-corrected chi connectivity index (χ2v) is 7.06. The first-order valence-electron chi connectivity index (χ1n) is 9.40. The Kier molecular flexibility index (Phi) is 3.86. The molecule has 1 aliphatic rings. The van der Waals surface area contributed by atoms with E-state index in [-0.39, 0.29) is 5.91 Å². The van der Waals surface area contributed by atoms with Crippen molar-refractivity contribution < 1.29 is 4.79 Å². The maximum atomic E-state index is 13.5. The van der Waals surface area contributed by atoms with E-state index in [1.165, 1.54) is 11.1 Å². The highest BCUT2D eigenvalue weighted by Gasteiger charge is 2.29. The fourth-order valence-corrected chi connectivity index (χ4v) is 3.79. The molecule has 0 atom stereocenters. The Morgan fingerprint density at radius 1 is 0.964 bits per heavy atom. The number of amides is 1. The van der Waals surface area contributed by atoms with Gasteiger partial charge in [-0.3, -0.25) is 4.79 Å². The van der Waals surface area contributed by atoms with Crippen LogP contribution in [0.25, 0.3) is 11.5 Å². The molecule has 5 heteroatoms. The molecule has 0 spiro atoms. The molecule has 0 saturated heterocycles. The van der Waals surface area contributed by atoms with E-state index >= 15 is 0 Å². The van der Waals surface area contributed by atoms with Crippen molar-refractivity contribution in [1.82, 2.24) is 14.3 Å². The van der Waals surface area contributed by atoms with E-state index < -0.39 is 0 Å². The average molecular weight is 368 g/mol. The minimum absolute atomic E-state index is 0.0213. The maximum Gasteiger partial charge on any atom is 0.263 e. The predicted octanol–water partition coefficient (Wildman–Crippen LogP) is 4.17. The van der Waals surface area contributed by atoms with E-state index in [2.05, 4.69) is 30.2 Å². The highest BCUT2D eigenvalue weighted by Crippen LogP contribution is 2.30. The van der Waals surface area contributed by atoms with Crippen molar-refractivity contribution in [1.29, 1.82) is 0 Å². The third-order valence-corrected chi connectivity index (χ3v) is 5.23. The Morgan fingerprint density at radius 3 is 2.50 bits per heavy atom. The Bertz CT molecular complexity index is 1140. The van der Waals surface area contributed by atoms with Crippen molar-refractivity contribution in [3.05, 3.63) is 95.9 Å². The number of hydrogen-bond acceptors (Lipinski definition) is 2. The third kappa shape index (κ3) is 2.63. The molecule has 28 heavy (non-hydrogen) atoms. The van der Waals surface area contributed by atoms with Gasteiger partial charge in [-0.25, -0.2) is 4.68 Å². The second-order valence-electron chi connectivity index (χ2n) is 7.06. The number of rotatable bonds is 3. The zero-order valence-corrected chi connectivity index (χ0v) is 15.6. The van der Waals surface area contributed by atoms with Crippen LogP contribution in [-0.4, -0.2) is 26.8 Å². The highest BCUT2D eigenvalue weighted by atomic mass is 16.2. The average Bonchev–Trinajstić information content (AvgIpc) is 3.46. The van der Waals surface area contributed by atoms with Crippen molar-refractivity contribution in [2.45, 2.75) is 13.3 Å². The Balaban J connectivity index is 1.63. The number of aromatic nitrogens is 3. The molecular formula is C23H20N4O. The number of hydrogen-bond donors (Lipinski definition) is 0. The van der Waals surface area contributed by atoms with Gasteiger partial charge in [0, 0.05) is 24.6 Å². The van der Waals surface area contributed by atoms with E-state index in [9.17, 15) is 4.79 Å². The van der Waals surface area contributed by atoms with Crippen LogP contribution in [-0.2, 0) is 6.42 Å². The lowest BCUT2D eigenvalue weighted by atomic mass is 10.2. The van der Waals surface area contributed by atoms with Crippen LogP contribution in [0.1, 0.15) is 21.5 Å². The first-order chi connectivity index (χ1) is 13.7. The van der Waals surface area contributed by atoms with Crippen LogP contribution in [0.2, 0.25) is 0 Å². The van der Waals surface area contributed by atoms with Gasteiger partial charge in [-0.2, -0.15) is 5.10 Å². The van der Waals surface area contributed by atoms with Gasteiger partial charge in [-0.1, -0.05) is 35.9 Å². The minimum atomic E-state index is -0.0213. The lowest BCUT2D eigenvalue weighted by molar-refractivity contribution is 0.0989. The number of benzene rings is 2. The van der Waals surface area contributed by atoms with E-state index in [0.717, 1.165) is 23.6 Å². The van der Waals surface area contributed by atoms with E-state index in [1.54, 1.807) is 6.20 Å². The quantitative estimate of drug-likeness (QED) is 0.545. The summed E-state index contributed by atoms with van der Waals surface area (Å²) in [7, 11) is 0. The SMILES string of the molecule is Cc1ccc(-n2ncc(C(=O)N3CCc4ccccc43)c2-n2cccc2)cc1. The molecule has 2 aromatic carbocycles. The number of fused-ring (bicyclic) bond motifs is 1. The largest absolute Gasteiger partial charge is 0.308 e. The van der Waals surface area contributed by atoms with Gasteiger partial charge in [-0.05, 0) is 49.2 Å². The van der Waals surface area contributed by atoms with E-state index in [0.29, 0.717) is 12.1 Å². The zero-order valence-electron chi connectivity index (χ0n) is 15.6. The third-order valence-electron chi connectivity index (χ3n) is 5.23. The van der Waals surface area contributed by atoms with Gasteiger partial charge < -0.3 is 9.47 Å². The molecular weight excluding hydrogens is 348 g/mol. The highest BCUT2D eigenvalue weighted by molar-refractivity contribution is 6.09. The number of aryl methyl sites for hydroxylation is 1. The molecule has 0 aliphatic carbocycles. The molecule has 138 valence electrons. The molecule has 1 amide bonds. The molecule has 0 N–H and O–H groups in total. The van der Waals surface area contributed by atoms with Crippen molar-refractivity contribution in [3.63, 3.8) is 0 Å². The van der Waals surface area contributed by atoms with Crippen molar-refractivity contribution in [2.24, 2.45) is 0 Å². The number of carbonyl (C=O) groups excluding carboxylic acids is 1.